The van der Waals surface area contributed by atoms with E-state index in [1.54, 1.807) is 6.07 Å². The third-order valence-corrected chi connectivity index (χ3v) is 3.89. The van der Waals surface area contributed by atoms with Gasteiger partial charge in [-0.1, -0.05) is 31.1 Å². The third kappa shape index (κ3) is 4.02. The lowest BCUT2D eigenvalue weighted by atomic mass is 10.1. The van der Waals surface area contributed by atoms with Crippen LogP contribution < -0.4 is 10.1 Å². The maximum absolute atomic E-state index is 12.5. The Kier molecular flexibility index (Phi) is 5.21. The Morgan fingerprint density at radius 2 is 2.04 bits per heavy atom. The highest BCUT2D eigenvalue weighted by Gasteiger charge is 2.15. The van der Waals surface area contributed by atoms with E-state index in [1.807, 2.05) is 52.0 Å². The lowest BCUT2D eigenvalue weighted by Crippen LogP contribution is -2.23. The quantitative estimate of drug-likeness (QED) is 0.723. The first-order valence-corrected chi connectivity index (χ1v) is 8.73. The van der Waals surface area contributed by atoms with E-state index in [1.165, 1.54) is 6.20 Å². The molecule has 0 aliphatic heterocycles. The van der Waals surface area contributed by atoms with Gasteiger partial charge in [0.15, 0.2) is 0 Å². The van der Waals surface area contributed by atoms with Gasteiger partial charge in [-0.3, -0.25) is 4.79 Å². The number of fused-ring (bicyclic) bond motifs is 1. The minimum atomic E-state index is -0.189. The first kappa shape index (κ1) is 17.9. The Bertz CT molecular complexity index is 916. The van der Waals surface area contributed by atoms with Crippen LogP contribution in [-0.2, 0) is 6.54 Å². The summed E-state index contributed by atoms with van der Waals surface area (Å²) in [7, 11) is 0. The van der Waals surface area contributed by atoms with E-state index in [-0.39, 0.29) is 17.9 Å². The van der Waals surface area contributed by atoms with Crippen molar-refractivity contribution in [3.05, 3.63) is 53.3 Å². The number of rotatable bonds is 6. The summed E-state index contributed by atoms with van der Waals surface area (Å²) in [6, 6.07) is 9.48. The van der Waals surface area contributed by atoms with Crippen molar-refractivity contribution >= 4 is 17.0 Å². The second-order valence-electron chi connectivity index (χ2n) is 6.80. The van der Waals surface area contributed by atoms with Gasteiger partial charge in [0.1, 0.15) is 5.75 Å². The van der Waals surface area contributed by atoms with E-state index >= 15 is 0 Å². The molecule has 0 spiro atoms. The van der Waals surface area contributed by atoms with Crippen molar-refractivity contribution in [3.63, 3.8) is 0 Å². The molecule has 0 saturated heterocycles. The molecule has 0 saturated carbocycles. The topological polar surface area (TPSA) is 77.2 Å². The number of amides is 1. The predicted molar refractivity (Wildman–Crippen MR) is 99.3 cm³/mol. The van der Waals surface area contributed by atoms with Gasteiger partial charge in [-0.15, -0.1) is 0 Å². The summed E-state index contributed by atoms with van der Waals surface area (Å²) in [5.41, 5.74) is 2.71. The monoisotopic (exact) mass is 353 g/mol. The summed E-state index contributed by atoms with van der Waals surface area (Å²) in [6.45, 7) is 8.42. The first-order chi connectivity index (χ1) is 12.4. The Labute approximate surface area is 152 Å². The molecular formula is C20H23N3O3. The molecule has 0 aliphatic carbocycles. The van der Waals surface area contributed by atoms with E-state index in [2.05, 4.69) is 15.5 Å². The summed E-state index contributed by atoms with van der Waals surface area (Å²) in [4.78, 5) is 16.7. The normalized spacial score (nSPS) is 11.3. The molecule has 2 aromatic heterocycles. The number of nitrogens with zero attached hydrogens (tertiary/aromatic N) is 2. The van der Waals surface area contributed by atoms with Crippen LogP contribution in [0.5, 0.6) is 5.75 Å². The molecule has 0 aliphatic rings. The second kappa shape index (κ2) is 7.56. The summed E-state index contributed by atoms with van der Waals surface area (Å²) in [5, 5.41) is 7.73. The average molecular weight is 353 g/mol. The standard InChI is InChI=1S/C20H23N3O3/c1-12(2)18-17-9-15(11-22-20(17)26-23-18)19(24)21-10-14-6-5-7-16(8-14)25-13(3)4/h5-9,11-13H,10H2,1-4H3,(H,21,24). The van der Waals surface area contributed by atoms with Crippen LogP contribution in [0.15, 0.2) is 41.1 Å². The van der Waals surface area contributed by atoms with Crippen molar-refractivity contribution in [3.8, 4) is 5.75 Å². The van der Waals surface area contributed by atoms with Crippen molar-refractivity contribution in [2.75, 3.05) is 0 Å². The number of hydrogen-bond acceptors (Lipinski definition) is 5. The Morgan fingerprint density at radius 1 is 1.23 bits per heavy atom. The van der Waals surface area contributed by atoms with E-state index < -0.39 is 0 Å². The third-order valence-electron chi connectivity index (χ3n) is 3.89. The van der Waals surface area contributed by atoms with Gasteiger partial charge in [-0.25, -0.2) is 4.98 Å². The molecular weight excluding hydrogens is 330 g/mol. The second-order valence-corrected chi connectivity index (χ2v) is 6.80. The van der Waals surface area contributed by atoms with Crippen molar-refractivity contribution in [2.24, 2.45) is 0 Å². The summed E-state index contributed by atoms with van der Waals surface area (Å²) >= 11 is 0. The molecule has 0 bridgehead atoms. The van der Waals surface area contributed by atoms with Crippen LogP contribution in [0, 0.1) is 0 Å². The highest BCUT2D eigenvalue weighted by Crippen LogP contribution is 2.24. The summed E-state index contributed by atoms with van der Waals surface area (Å²) in [6.07, 6.45) is 1.61. The molecule has 3 rings (SSSR count). The van der Waals surface area contributed by atoms with E-state index in [0.29, 0.717) is 17.8 Å². The summed E-state index contributed by atoms with van der Waals surface area (Å²) < 4.78 is 10.9. The van der Waals surface area contributed by atoms with Crippen LogP contribution in [0.4, 0.5) is 0 Å². The highest BCUT2D eigenvalue weighted by atomic mass is 16.5. The molecule has 2 heterocycles. The fraction of sp³-hybridized carbons (Fsp3) is 0.350. The lowest BCUT2D eigenvalue weighted by molar-refractivity contribution is 0.0950. The maximum atomic E-state index is 12.5. The van der Waals surface area contributed by atoms with Gasteiger partial charge in [-0.2, -0.15) is 0 Å². The molecule has 1 amide bonds. The van der Waals surface area contributed by atoms with Crippen molar-refractivity contribution in [1.29, 1.82) is 0 Å². The van der Waals surface area contributed by atoms with Gasteiger partial charge in [0.2, 0.25) is 0 Å². The molecule has 0 radical (unpaired) electrons. The first-order valence-electron chi connectivity index (χ1n) is 8.73. The zero-order valence-electron chi connectivity index (χ0n) is 15.4. The molecule has 3 aromatic rings. The average Bonchev–Trinajstić information content (AvgIpc) is 3.02. The Hall–Kier alpha value is -2.89. The van der Waals surface area contributed by atoms with Crippen molar-refractivity contribution < 1.29 is 14.1 Å². The number of ether oxygens (including phenoxy) is 1. The maximum Gasteiger partial charge on any atom is 0.257 e. The highest BCUT2D eigenvalue weighted by molar-refractivity contribution is 5.97. The molecule has 0 fully saturated rings. The van der Waals surface area contributed by atoms with Crippen LogP contribution in [-0.4, -0.2) is 22.2 Å². The van der Waals surface area contributed by atoms with Gasteiger partial charge in [0.25, 0.3) is 11.6 Å². The van der Waals surface area contributed by atoms with Gasteiger partial charge in [0, 0.05) is 12.7 Å². The molecule has 1 aromatic carbocycles. The fourth-order valence-electron chi connectivity index (χ4n) is 2.68. The number of carbonyl (C=O) groups excluding carboxylic acids is 1. The number of aromatic nitrogens is 2. The van der Waals surface area contributed by atoms with Crippen LogP contribution in [0.25, 0.3) is 11.1 Å². The number of carbonyl (C=O) groups is 1. The van der Waals surface area contributed by atoms with E-state index in [0.717, 1.165) is 22.4 Å². The van der Waals surface area contributed by atoms with Gasteiger partial charge < -0.3 is 14.6 Å². The minimum absolute atomic E-state index is 0.108. The van der Waals surface area contributed by atoms with Crippen LogP contribution in [0.2, 0.25) is 0 Å². The van der Waals surface area contributed by atoms with Crippen molar-refractivity contribution in [2.45, 2.75) is 46.3 Å². The van der Waals surface area contributed by atoms with Gasteiger partial charge in [-0.05, 0) is 43.5 Å². The summed E-state index contributed by atoms with van der Waals surface area (Å²) in [5.74, 6) is 0.798. The molecule has 0 unspecified atom stereocenters. The molecule has 1 N–H and O–H groups in total. The zero-order chi connectivity index (χ0) is 18.7. The van der Waals surface area contributed by atoms with Crippen molar-refractivity contribution in [1.82, 2.24) is 15.5 Å². The zero-order valence-corrected chi connectivity index (χ0v) is 15.4. The van der Waals surface area contributed by atoms with E-state index in [4.69, 9.17) is 9.26 Å². The molecule has 6 heteroatoms. The van der Waals surface area contributed by atoms with Crippen LogP contribution >= 0.6 is 0 Å². The Morgan fingerprint density at radius 3 is 2.77 bits per heavy atom. The predicted octanol–water partition coefficient (Wildman–Crippen LogP) is 4.06. The number of nitrogens with one attached hydrogen (secondary N) is 1. The SMILES string of the molecule is CC(C)Oc1cccc(CNC(=O)c2cnc3onc(C(C)C)c3c2)c1. The number of hydrogen-bond donors (Lipinski definition) is 1. The minimum Gasteiger partial charge on any atom is -0.491 e. The van der Waals surface area contributed by atoms with Gasteiger partial charge in [0.05, 0.1) is 22.7 Å². The molecule has 6 nitrogen and oxygen atoms in total. The van der Waals surface area contributed by atoms with Crippen LogP contribution in [0.1, 0.15) is 55.2 Å². The Balaban J connectivity index is 1.72. The van der Waals surface area contributed by atoms with Crippen LogP contribution in [0.3, 0.4) is 0 Å². The largest absolute Gasteiger partial charge is 0.491 e. The number of benzene rings is 1. The van der Waals surface area contributed by atoms with E-state index in [9.17, 15) is 4.79 Å². The van der Waals surface area contributed by atoms with Gasteiger partial charge >= 0.3 is 0 Å². The molecule has 0 atom stereocenters. The smallest absolute Gasteiger partial charge is 0.257 e. The molecule has 136 valence electrons. The number of pyridine rings is 1. The molecule has 26 heavy (non-hydrogen) atoms. The lowest BCUT2D eigenvalue weighted by Gasteiger charge is -2.11. The fourth-order valence-corrected chi connectivity index (χ4v) is 2.68.